The zero-order valence-electron chi connectivity index (χ0n) is 19.1. The molecule has 0 amide bonds. The van der Waals surface area contributed by atoms with Gasteiger partial charge in [-0.2, -0.15) is 8.80 Å². The second kappa shape index (κ2) is 8.08. The molecule has 0 fully saturated rings. The quantitative estimate of drug-likeness (QED) is 0.258. The summed E-state index contributed by atoms with van der Waals surface area (Å²) in [7, 11) is 0. The van der Waals surface area contributed by atoms with Crippen molar-refractivity contribution in [3.8, 4) is 22.5 Å². The van der Waals surface area contributed by atoms with Gasteiger partial charge < -0.3 is 0 Å². The molecule has 0 aliphatic rings. The van der Waals surface area contributed by atoms with Gasteiger partial charge in [0.05, 0.1) is 22.8 Å². The Kier molecular flexibility index (Phi) is 4.77. The lowest BCUT2D eigenvalue weighted by atomic mass is 10.1. The van der Waals surface area contributed by atoms with Crippen LogP contribution in [0.3, 0.4) is 0 Å². The third kappa shape index (κ3) is 3.11. The van der Waals surface area contributed by atoms with Gasteiger partial charge in [-0.25, -0.2) is 0 Å². The summed E-state index contributed by atoms with van der Waals surface area (Å²) in [6.45, 7) is 4.23. The maximum absolute atomic E-state index is 4.82. The summed E-state index contributed by atoms with van der Waals surface area (Å²) in [4.78, 5) is 0. The van der Waals surface area contributed by atoms with Crippen LogP contribution < -0.4 is 8.80 Å². The smallest absolute Gasteiger partial charge is 0.198 e. The molecule has 34 heavy (non-hydrogen) atoms. The third-order valence-electron chi connectivity index (χ3n) is 6.26. The number of pyridine rings is 2. The molecule has 2 aromatic carbocycles. The van der Waals surface area contributed by atoms with Crippen molar-refractivity contribution in [1.82, 2.24) is 9.35 Å². The molecule has 0 spiro atoms. The molecule has 0 radical (unpaired) electrons. The highest BCUT2D eigenvalue weighted by atomic mass is 15.6. The number of fused-ring (bicyclic) bond motifs is 2. The Hall–Kier alpha value is -4.58. The van der Waals surface area contributed by atoms with Crippen LogP contribution in [0.2, 0.25) is 0 Å². The van der Waals surface area contributed by atoms with E-state index in [1.165, 1.54) is 0 Å². The number of hydrogen-bond donors (Lipinski definition) is 0. The lowest BCUT2D eigenvalue weighted by molar-refractivity contribution is -0.518. The van der Waals surface area contributed by atoms with E-state index in [-0.39, 0.29) is 0 Å². The van der Waals surface area contributed by atoms with Crippen molar-refractivity contribution in [2.45, 2.75) is 13.8 Å². The van der Waals surface area contributed by atoms with Crippen LogP contribution in [-0.4, -0.2) is 9.35 Å². The molecule has 0 saturated carbocycles. The van der Waals surface area contributed by atoms with Crippen LogP contribution in [0.25, 0.3) is 33.8 Å². The van der Waals surface area contributed by atoms with E-state index in [0.29, 0.717) is 0 Å². The van der Waals surface area contributed by atoms with Gasteiger partial charge in [-0.05, 0) is 12.1 Å². The fourth-order valence-corrected chi connectivity index (χ4v) is 4.66. The van der Waals surface area contributed by atoms with E-state index in [1.807, 2.05) is 70.0 Å². The second-order valence-corrected chi connectivity index (χ2v) is 8.26. The average molecular weight is 445 g/mol. The van der Waals surface area contributed by atoms with Crippen LogP contribution >= 0.6 is 0 Å². The Morgan fingerprint density at radius 3 is 1.29 bits per heavy atom. The van der Waals surface area contributed by atoms with Crippen molar-refractivity contribution >= 4 is 11.3 Å². The monoisotopic (exact) mass is 444 g/mol. The molecule has 0 saturated heterocycles. The van der Waals surface area contributed by atoms with E-state index in [2.05, 4.69) is 71.4 Å². The summed E-state index contributed by atoms with van der Waals surface area (Å²) in [6.07, 6.45) is 4.12. The van der Waals surface area contributed by atoms with Crippen molar-refractivity contribution in [3.63, 3.8) is 0 Å². The highest BCUT2D eigenvalue weighted by Gasteiger charge is 2.27. The summed E-state index contributed by atoms with van der Waals surface area (Å²) in [5.74, 6) is 0. The van der Waals surface area contributed by atoms with E-state index in [1.54, 1.807) is 0 Å². The molecule has 6 aromatic rings. The Balaban J connectivity index is 1.62. The number of benzene rings is 2. The molecule has 4 aromatic heterocycles. The first-order valence-corrected chi connectivity index (χ1v) is 11.3. The fraction of sp³-hybridized carbons (Fsp3) is 0.0714. The first kappa shape index (κ1) is 20.1. The summed E-state index contributed by atoms with van der Waals surface area (Å²) in [6, 6.07) is 32.9. The molecule has 0 N–H and O–H groups in total. The minimum absolute atomic E-state index is 0.949. The first-order valence-electron chi connectivity index (χ1n) is 11.3. The lowest BCUT2D eigenvalue weighted by Gasteiger charge is -1.98. The third-order valence-corrected chi connectivity index (χ3v) is 6.26. The van der Waals surface area contributed by atoms with Gasteiger partial charge in [0.2, 0.25) is 11.4 Å². The average Bonchev–Trinajstić information content (AvgIpc) is 3.34. The van der Waals surface area contributed by atoms with Gasteiger partial charge in [-0.15, -0.1) is 0 Å². The van der Waals surface area contributed by atoms with Crippen LogP contribution in [0, 0.1) is 13.8 Å². The van der Waals surface area contributed by atoms with E-state index >= 15 is 0 Å². The number of aryl methyl sites for hydroxylation is 2. The number of rotatable bonds is 4. The normalized spacial score (nSPS) is 11.7. The molecular weight excluding hydrogens is 420 g/mol. The Morgan fingerprint density at radius 1 is 0.500 bits per heavy atom. The first-order chi connectivity index (χ1) is 16.7. The molecule has 164 valence electrons. The summed E-state index contributed by atoms with van der Waals surface area (Å²) < 4.78 is 8.14. The maximum Gasteiger partial charge on any atom is 0.314 e. The lowest BCUT2D eigenvalue weighted by Crippen LogP contribution is -2.22. The second-order valence-electron chi connectivity index (χ2n) is 8.26. The van der Waals surface area contributed by atoms with Crippen LogP contribution in [0.5, 0.6) is 0 Å². The zero-order chi connectivity index (χ0) is 23.1. The van der Waals surface area contributed by atoms with Gasteiger partial charge in [-0.1, -0.05) is 82.1 Å². The Labute approximate surface area is 197 Å². The summed E-state index contributed by atoms with van der Waals surface area (Å²) in [5.41, 5.74) is 8.31. The topological polar surface area (TPSA) is 42.8 Å². The van der Waals surface area contributed by atoms with Crippen molar-refractivity contribution in [3.05, 3.63) is 121 Å². The van der Waals surface area contributed by atoms with Crippen molar-refractivity contribution in [2.75, 3.05) is 0 Å². The van der Waals surface area contributed by atoms with Crippen LogP contribution in [-0.2, 0) is 0 Å². The van der Waals surface area contributed by atoms with Crippen LogP contribution in [0.15, 0.2) is 120 Å². The van der Waals surface area contributed by atoms with Gasteiger partial charge in [0.25, 0.3) is 0 Å². The van der Waals surface area contributed by atoms with E-state index in [0.717, 1.165) is 45.2 Å². The SMILES string of the molecule is Cc1c(-c2ccccc2)n(/N=N/n2c(-c3ccccc3)c(C)[n+]3ccccc23)c2cccc[n+]12. The number of hydrogen-bond acceptors (Lipinski definition) is 2. The van der Waals surface area contributed by atoms with Crippen LogP contribution in [0.1, 0.15) is 11.4 Å². The molecule has 6 nitrogen and oxygen atoms in total. The van der Waals surface area contributed by atoms with Crippen LogP contribution in [0.4, 0.5) is 0 Å². The van der Waals surface area contributed by atoms with Gasteiger partial charge in [-0.3, -0.25) is 0 Å². The van der Waals surface area contributed by atoms with Gasteiger partial charge in [0.15, 0.2) is 11.4 Å². The van der Waals surface area contributed by atoms with Gasteiger partial charge in [0.1, 0.15) is 0 Å². The molecular formula is C28H24N6+2. The molecule has 0 atom stereocenters. The van der Waals surface area contributed by atoms with E-state index in [4.69, 9.17) is 10.4 Å². The maximum atomic E-state index is 4.82. The number of imidazole rings is 2. The minimum Gasteiger partial charge on any atom is -0.198 e. The molecule has 0 unspecified atom stereocenters. The summed E-state index contributed by atoms with van der Waals surface area (Å²) in [5, 5.41) is 9.64. The van der Waals surface area contributed by atoms with Gasteiger partial charge >= 0.3 is 11.3 Å². The van der Waals surface area contributed by atoms with E-state index < -0.39 is 0 Å². The predicted molar refractivity (Wildman–Crippen MR) is 131 cm³/mol. The van der Waals surface area contributed by atoms with Gasteiger partial charge in [0, 0.05) is 37.1 Å². The highest BCUT2D eigenvalue weighted by Crippen LogP contribution is 2.27. The Morgan fingerprint density at radius 2 is 0.882 bits per heavy atom. The highest BCUT2D eigenvalue weighted by molar-refractivity contribution is 5.65. The summed E-state index contributed by atoms with van der Waals surface area (Å²) >= 11 is 0. The van der Waals surface area contributed by atoms with E-state index in [9.17, 15) is 0 Å². The molecule has 4 heterocycles. The number of aromatic nitrogens is 4. The fourth-order valence-electron chi connectivity index (χ4n) is 4.66. The predicted octanol–water partition coefficient (Wildman–Crippen LogP) is 5.40. The van der Waals surface area contributed by atoms with Crippen molar-refractivity contribution < 1.29 is 8.80 Å². The molecule has 0 aliphatic heterocycles. The molecule has 0 aliphatic carbocycles. The molecule has 0 bridgehead atoms. The minimum atomic E-state index is 0.949. The number of nitrogens with zero attached hydrogens (tertiary/aromatic N) is 6. The van der Waals surface area contributed by atoms with Crippen molar-refractivity contribution in [2.24, 2.45) is 10.4 Å². The zero-order valence-corrected chi connectivity index (χ0v) is 19.1. The molecule has 6 rings (SSSR count). The van der Waals surface area contributed by atoms with Crippen molar-refractivity contribution in [1.29, 1.82) is 0 Å². The molecule has 6 heteroatoms. The standard InChI is InChI=1S/C28H24N6/c1-21-27(23-13-5-3-6-14-23)33(25-17-9-11-19-31(21)25)29-30-34-26-18-10-12-20-32(26)22(2)28(34)24-15-7-4-8-16-24/h3-20H,1-2H3/q+2/b30-29+. The Bertz CT molecular complexity index is 1530. The largest absolute Gasteiger partial charge is 0.314 e.